The lowest BCUT2D eigenvalue weighted by atomic mass is 9.52. The number of rotatable bonds is 2. The van der Waals surface area contributed by atoms with Crippen LogP contribution in [0.5, 0.6) is 0 Å². The molecule has 9 aromatic carbocycles. The average Bonchev–Trinajstić information content (AvgIpc) is 3.88. The zero-order valence-corrected chi connectivity index (χ0v) is 31.2. The predicted molar refractivity (Wildman–Crippen MR) is 234 cm³/mol. The summed E-state index contributed by atoms with van der Waals surface area (Å²) in [7, 11) is 0. The fraction of sp³-hybridized carbons (Fsp3) is 0.0357. The first kappa shape index (κ1) is 31.0. The van der Waals surface area contributed by atoms with Gasteiger partial charge < -0.3 is 4.57 Å². The molecule has 264 valence electrons. The summed E-state index contributed by atoms with van der Waals surface area (Å²) >= 11 is 0. The predicted octanol–water partition coefficient (Wildman–Crippen LogP) is 13.5. The minimum atomic E-state index is -0.532. The number of aromatic nitrogens is 1. The first-order chi connectivity index (χ1) is 28.3. The third kappa shape index (κ3) is 3.70. The summed E-state index contributed by atoms with van der Waals surface area (Å²) in [5.41, 5.74) is 21.2. The van der Waals surface area contributed by atoms with Gasteiger partial charge in [-0.2, -0.15) is 0 Å². The van der Waals surface area contributed by atoms with Gasteiger partial charge in [0.15, 0.2) is 0 Å². The number of para-hydroxylation sites is 2. The molecule has 0 radical (unpaired) electrons. The summed E-state index contributed by atoms with van der Waals surface area (Å²) < 4.78 is 2.50. The van der Waals surface area contributed by atoms with Crippen molar-refractivity contribution < 1.29 is 0 Å². The Labute approximate surface area is 331 Å². The maximum atomic E-state index is 2.57. The average molecular weight is 722 g/mol. The van der Waals surface area contributed by atoms with Crippen LogP contribution in [0.1, 0.15) is 44.5 Å². The fourth-order valence-electron chi connectivity index (χ4n) is 11.5. The van der Waals surface area contributed by atoms with E-state index in [1.165, 1.54) is 105 Å². The molecule has 3 aliphatic rings. The van der Waals surface area contributed by atoms with Gasteiger partial charge in [0.1, 0.15) is 0 Å². The summed E-state index contributed by atoms with van der Waals surface area (Å²) in [6, 6.07) is 79.9. The van der Waals surface area contributed by atoms with E-state index in [0.29, 0.717) is 0 Å². The van der Waals surface area contributed by atoms with Gasteiger partial charge in [0.05, 0.1) is 27.6 Å². The van der Waals surface area contributed by atoms with E-state index < -0.39 is 10.8 Å². The quantitative estimate of drug-likeness (QED) is 0.167. The Bertz CT molecular complexity index is 3210. The molecular formula is C56H35N. The summed E-state index contributed by atoms with van der Waals surface area (Å²) in [6.07, 6.45) is 0. The topological polar surface area (TPSA) is 4.93 Å². The van der Waals surface area contributed by atoms with Crippen LogP contribution in [0.3, 0.4) is 0 Å². The van der Waals surface area contributed by atoms with Crippen LogP contribution in [0.4, 0.5) is 0 Å². The smallest absolute Gasteiger partial charge is 0.0720 e. The van der Waals surface area contributed by atoms with Gasteiger partial charge in [-0.25, -0.2) is 0 Å². The second-order valence-electron chi connectivity index (χ2n) is 15.9. The van der Waals surface area contributed by atoms with Crippen molar-refractivity contribution in [2.75, 3.05) is 0 Å². The molecule has 1 nitrogen and oxygen atoms in total. The molecule has 0 fully saturated rings. The van der Waals surface area contributed by atoms with Crippen LogP contribution < -0.4 is 0 Å². The van der Waals surface area contributed by atoms with Crippen LogP contribution in [0.25, 0.3) is 60.9 Å². The second-order valence-corrected chi connectivity index (χ2v) is 15.9. The first-order valence-corrected chi connectivity index (χ1v) is 20.0. The Hall–Kier alpha value is -7.22. The lowest BCUT2D eigenvalue weighted by Gasteiger charge is -2.48. The highest BCUT2D eigenvalue weighted by Gasteiger charge is 2.58. The summed E-state index contributed by atoms with van der Waals surface area (Å²) in [5, 5.41) is 2.53. The van der Waals surface area contributed by atoms with Crippen molar-refractivity contribution in [3.05, 3.63) is 257 Å². The molecule has 1 aromatic heterocycles. The van der Waals surface area contributed by atoms with Crippen LogP contribution in [0.2, 0.25) is 0 Å². The molecule has 2 spiro atoms. The van der Waals surface area contributed by atoms with E-state index in [-0.39, 0.29) is 0 Å². The van der Waals surface area contributed by atoms with E-state index >= 15 is 0 Å². The monoisotopic (exact) mass is 721 g/mol. The molecular weight excluding hydrogens is 687 g/mol. The molecule has 0 unspecified atom stereocenters. The van der Waals surface area contributed by atoms with E-state index in [0.717, 1.165) is 0 Å². The molecule has 13 rings (SSSR count). The van der Waals surface area contributed by atoms with Crippen molar-refractivity contribution in [2.24, 2.45) is 0 Å². The van der Waals surface area contributed by atoms with E-state index in [4.69, 9.17) is 0 Å². The lowest BCUT2D eigenvalue weighted by Crippen LogP contribution is -2.43. The minimum absolute atomic E-state index is 0.454. The van der Waals surface area contributed by atoms with Crippen LogP contribution in [0, 0.1) is 0 Å². The molecule has 0 amide bonds. The molecule has 0 saturated carbocycles. The zero-order valence-electron chi connectivity index (χ0n) is 31.2. The number of benzene rings is 9. The van der Waals surface area contributed by atoms with Crippen LogP contribution in [0.15, 0.2) is 212 Å². The Kier molecular flexibility index (Phi) is 6.09. The Balaban J connectivity index is 1.18. The van der Waals surface area contributed by atoms with Gasteiger partial charge in [0, 0.05) is 16.3 Å². The fourth-order valence-corrected chi connectivity index (χ4v) is 11.5. The van der Waals surface area contributed by atoms with Gasteiger partial charge in [-0.3, -0.25) is 0 Å². The van der Waals surface area contributed by atoms with Crippen LogP contribution in [-0.4, -0.2) is 4.57 Å². The third-order valence-corrected chi connectivity index (χ3v) is 13.5. The SMILES string of the molecule is c1ccc(-c2ccccc2-n2c3ccccc3c3cc4c(cc32)-c2ccccc2C42c3ccccc3C3(c4ccccc4-c4ccccc43)c3ccccc32)cc1. The zero-order chi connectivity index (χ0) is 37.3. The van der Waals surface area contributed by atoms with E-state index in [2.05, 4.69) is 217 Å². The van der Waals surface area contributed by atoms with Crippen molar-refractivity contribution in [1.29, 1.82) is 0 Å². The summed E-state index contributed by atoms with van der Waals surface area (Å²) in [5.74, 6) is 0. The van der Waals surface area contributed by atoms with Crippen molar-refractivity contribution in [3.63, 3.8) is 0 Å². The molecule has 57 heavy (non-hydrogen) atoms. The van der Waals surface area contributed by atoms with Crippen molar-refractivity contribution in [2.45, 2.75) is 10.8 Å². The van der Waals surface area contributed by atoms with Crippen LogP contribution in [-0.2, 0) is 10.8 Å². The molecule has 0 aliphatic heterocycles. The molecule has 1 heteroatoms. The van der Waals surface area contributed by atoms with Gasteiger partial charge in [0.2, 0.25) is 0 Å². The van der Waals surface area contributed by atoms with Gasteiger partial charge in [-0.05, 0) is 96.6 Å². The molecule has 3 aliphatic carbocycles. The first-order valence-electron chi connectivity index (χ1n) is 20.0. The van der Waals surface area contributed by atoms with Gasteiger partial charge in [0.25, 0.3) is 0 Å². The largest absolute Gasteiger partial charge is 0.309 e. The maximum Gasteiger partial charge on any atom is 0.0720 e. The molecule has 0 N–H and O–H groups in total. The number of hydrogen-bond donors (Lipinski definition) is 0. The molecule has 1 heterocycles. The lowest BCUT2D eigenvalue weighted by molar-refractivity contribution is 0.633. The second kappa shape index (κ2) is 11.2. The van der Waals surface area contributed by atoms with Gasteiger partial charge in [-0.15, -0.1) is 0 Å². The Morgan fingerprint density at radius 3 is 1.26 bits per heavy atom. The van der Waals surface area contributed by atoms with E-state index in [1.54, 1.807) is 0 Å². The molecule has 0 saturated heterocycles. The van der Waals surface area contributed by atoms with E-state index in [9.17, 15) is 0 Å². The third-order valence-electron chi connectivity index (χ3n) is 13.5. The Morgan fingerprint density at radius 2 is 0.684 bits per heavy atom. The number of fused-ring (bicyclic) bond motifs is 19. The number of nitrogens with zero attached hydrogens (tertiary/aromatic N) is 1. The highest BCUT2D eigenvalue weighted by atomic mass is 15.0. The van der Waals surface area contributed by atoms with Crippen molar-refractivity contribution >= 4 is 21.8 Å². The van der Waals surface area contributed by atoms with Gasteiger partial charge in [-0.1, -0.05) is 188 Å². The van der Waals surface area contributed by atoms with Crippen molar-refractivity contribution in [3.8, 4) is 39.1 Å². The highest BCUT2D eigenvalue weighted by Crippen LogP contribution is 2.67. The highest BCUT2D eigenvalue weighted by molar-refractivity contribution is 6.12. The van der Waals surface area contributed by atoms with E-state index in [1.807, 2.05) is 0 Å². The van der Waals surface area contributed by atoms with Crippen LogP contribution >= 0.6 is 0 Å². The molecule has 10 aromatic rings. The maximum absolute atomic E-state index is 2.57. The summed E-state index contributed by atoms with van der Waals surface area (Å²) in [6.45, 7) is 0. The normalized spacial score (nSPS) is 14.6. The minimum Gasteiger partial charge on any atom is -0.309 e. The van der Waals surface area contributed by atoms with Gasteiger partial charge >= 0.3 is 0 Å². The molecule has 0 atom stereocenters. The Morgan fingerprint density at radius 1 is 0.263 bits per heavy atom. The van der Waals surface area contributed by atoms with Crippen molar-refractivity contribution in [1.82, 2.24) is 4.57 Å². The summed E-state index contributed by atoms with van der Waals surface area (Å²) in [4.78, 5) is 0. The molecule has 0 bridgehead atoms. The standard InChI is InChI=1S/C56H35N/c1-2-18-36(19-3-1)37-20-7-16-32-52(37)57-53-33-17-8-24-41(53)43-34-51-42(35-54(43)57)40-23-6-11-27-46(40)56(51)49-30-14-12-28-47(49)55(48-29-13-15-31-50(48)56)44-25-9-4-21-38(44)39-22-5-10-26-45(39)55/h1-35H. The number of hydrogen-bond acceptors (Lipinski definition) is 0.